The average Bonchev–Trinajstić information content (AvgIpc) is 3.45. The topological polar surface area (TPSA) is 96.0 Å². The van der Waals surface area contributed by atoms with Crippen LogP contribution in [0, 0.1) is 5.92 Å². The number of ether oxygens (including phenoxy) is 1. The third-order valence-corrected chi connectivity index (χ3v) is 4.79. The molecule has 1 N–H and O–H groups in total. The first-order chi connectivity index (χ1) is 12.8. The van der Waals surface area contributed by atoms with Crippen molar-refractivity contribution in [3.8, 4) is 5.75 Å². The predicted molar refractivity (Wildman–Crippen MR) is 95.7 cm³/mol. The molecule has 144 valence electrons. The molecule has 1 aromatic rings. The van der Waals surface area contributed by atoms with Gasteiger partial charge in [0.2, 0.25) is 5.91 Å². The van der Waals surface area contributed by atoms with Crippen molar-refractivity contribution < 1.29 is 23.9 Å². The lowest BCUT2D eigenvalue weighted by atomic mass is 10.0. The molecule has 2 fully saturated rings. The van der Waals surface area contributed by atoms with Gasteiger partial charge in [0.1, 0.15) is 12.3 Å². The van der Waals surface area contributed by atoms with Crippen LogP contribution in [0.2, 0.25) is 0 Å². The van der Waals surface area contributed by atoms with Crippen molar-refractivity contribution in [1.82, 2.24) is 15.1 Å². The number of methoxy groups -OCH3 is 1. The third-order valence-electron chi connectivity index (χ3n) is 4.79. The molecule has 27 heavy (non-hydrogen) atoms. The maximum Gasteiger partial charge on any atom is 0.334 e. The van der Waals surface area contributed by atoms with E-state index in [2.05, 4.69) is 5.32 Å². The third kappa shape index (κ3) is 3.79. The summed E-state index contributed by atoms with van der Waals surface area (Å²) in [5, 5.41) is 2.90. The van der Waals surface area contributed by atoms with Crippen LogP contribution in [0.3, 0.4) is 0 Å². The highest BCUT2D eigenvalue weighted by Gasteiger charge is 2.46. The normalized spacial score (nSPS) is 18.3. The molecule has 1 aliphatic carbocycles. The fourth-order valence-corrected chi connectivity index (χ4v) is 3.19. The summed E-state index contributed by atoms with van der Waals surface area (Å²) in [6.45, 7) is 2.81. The lowest BCUT2D eigenvalue weighted by Gasteiger charge is -2.21. The van der Waals surface area contributed by atoms with E-state index in [1.54, 1.807) is 21.0 Å². The molecule has 0 radical (unpaired) electrons. The fraction of sp³-hybridized carbons (Fsp3) is 0.474. The predicted octanol–water partition coefficient (Wildman–Crippen LogP) is 1.46. The molecule has 1 saturated heterocycles. The molecule has 2 aliphatic rings. The molecule has 8 heteroatoms. The van der Waals surface area contributed by atoms with Gasteiger partial charge in [0.25, 0.3) is 0 Å². The van der Waals surface area contributed by atoms with Gasteiger partial charge in [0, 0.05) is 6.04 Å². The van der Waals surface area contributed by atoms with E-state index in [-0.39, 0.29) is 6.04 Å². The van der Waals surface area contributed by atoms with Gasteiger partial charge in [-0.2, -0.15) is 0 Å². The van der Waals surface area contributed by atoms with Crippen molar-refractivity contribution in [2.45, 2.75) is 38.8 Å². The summed E-state index contributed by atoms with van der Waals surface area (Å²) in [5.74, 6) is -1.28. The summed E-state index contributed by atoms with van der Waals surface area (Å²) in [5.41, 5.74) is 0.936. The molecule has 0 spiro atoms. The van der Waals surface area contributed by atoms with E-state index in [9.17, 15) is 19.2 Å². The quantitative estimate of drug-likeness (QED) is 0.577. The van der Waals surface area contributed by atoms with E-state index in [1.165, 1.54) is 0 Å². The Kier molecular flexibility index (Phi) is 5.16. The molecule has 0 aromatic heterocycles. The smallest absolute Gasteiger partial charge is 0.334 e. The summed E-state index contributed by atoms with van der Waals surface area (Å²) in [6, 6.07) is 6.03. The molecular weight excluding hydrogens is 350 g/mol. The van der Waals surface area contributed by atoms with Gasteiger partial charge >= 0.3 is 17.8 Å². The average molecular weight is 373 g/mol. The second kappa shape index (κ2) is 7.38. The first-order valence-corrected chi connectivity index (χ1v) is 8.95. The molecule has 1 saturated carbocycles. The summed E-state index contributed by atoms with van der Waals surface area (Å²) in [6.07, 6.45) is 2.00. The summed E-state index contributed by atoms with van der Waals surface area (Å²) in [7, 11) is 1.58. The first-order valence-electron chi connectivity index (χ1n) is 8.95. The maximum absolute atomic E-state index is 12.5. The Balaban J connectivity index is 1.69. The van der Waals surface area contributed by atoms with Gasteiger partial charge in [-0.1, -0.05) is 12.1 Å². The van der Waals surface area contributed by atoms with Gasteiger partial charge in [-0.05, 0) is 50.3 Å². The SMILES string of the molecule is COc1ccc(C(NC(=O)CN2C(=O)C(=O)N(C(C)C)C2=O)C2CC2)cc1. The molecule has 3 rings (SSSR count). The highest BCUT2D eigenvalue weighted by molar-refractivity contribution is 6.45. The summed E-state index contributed by atoms with van der Waals surface area (Å²) in [4.78, 5) is 50.4. The minimum Gasteiger partial charge on any atom is -0.497 e. The van der Waals surface area contributed by atoms with Crippen LogP contribution >= 0.6 is 0 Å². The number of hydrogen-bond donors (Lipinski definition) is 1. The Bertz CT molecular complexity index is 770. The number of nitrogens with zero attached hydrogens (tertiary/aromatic N) is 2. The number of rotatable bonds is 7. The van der Waals surface area contributed by atoms with Crippen LogP contribution in [0.4, 0.5) is 4.79 Å². The Hall–Kier alpha value is -2.90. The minimum absolute atomic E-state index is 0.201. The van der Waals surface area contributed by atoms with Crippen molar-refractivity contribution in [3.05, 3.63) is 29.8 Å². The van der Waals surface area contributed by atoms with Crippen molar-refractivity contribution >= 4 is 23.8 Å². The number of hydrogen-bond acceptors (Lipinski definition) is 5. The van der Waals surface area contributed by atoms with Crippen LogP contribution in [0.1, 0.15) is 38.3 Å². The zero-order valence-electron chi connectivity index (χ0n) is 15.6. The molecule has 0 bridgehead atoms. The Morgan fingerprint density at radius 3 is 2.26 bits per heavy atom. The Morgan fingerprint density at radius 2 is 1.78 bits per heavy atom. The monoisotopic (exact) mass is 373 g/mol. The second-order valence-corrected chi connectivity index (χ2v) is 7.10. The lowest BCUT2D eigenvalue weighted by molar-refractivity contribution is -0.144. The van der Waals surface area contributed by atoms with Gasteiger partial charge in [-0.15, -0.1) is 0 Å². The molecule has 1 aliphatic heterocycles. The number of nitrogens with one attached hydrogen (secondary N) is 1. The van der Waals surface area contributed by atoms with Gasteiger partial charge < -0.3 is 10.1 Å². The summed E-state index contributed by atoms with van der Waals surface area (Å²) < 4.78 is 5.15. The van der Waals surface area contributed by atoms with Crippen molar-refractivity contribution in [2.75, 3.05) is 13.7 Å². The molecule has 1 atom stereocenters. The number of benzene rings is 1. The van der Waals surface area contributed by atoms with E-state index >= 15 is 0 Å². The van der Waals surface area contributed by atoms with Crippen molar-refractivity contribution in [2.24, 2.45) is 5.92 Å². The molecule has 8 nitrogen and oxygen atoms in total. The van der Waals surface area contributed by atoms with E-state index < -0.39 is 36.3 Å². The van der Waals surface area contributed by atoms with Crippen LogP contribution in [-0.4, -0.2) is 53.2 Å². The number of carbonyl (C=O) groups excluding carboxylic acids is 4. The van der Waals surface area contributed by atoms with Gasteiger partial charge in [0.05, 0.1) is 13.2 Å². The number of carbonyl (C=O) groups is 4. The Labute approximate surface area is 157 Å². The van der Waals surface area contributed by atoms with Crippen molar-refractivity contribution in [3.63, 3.8) is 0 Å². The molecule has 5 amide bonds. The Morgan fingerprint density at radius 1 is 1.15 bits per heavy atom. The fourth-order valence-electron chi connectivity index (χ4n) is 3.19. The number of amides is 5. The van der Waals surface area contributed by atoms with Crippen LogP contribution in [0.25, 0.3) is 0 Å². The highest BCUT2D eigenvalue weighted by atomic mass is 16.5. The minimum atomic E-state index is -0.962. The lowest BCUT2D eigenvalue weighted by Crippen LogP contribution is -2.43. The van der Waals surface area contributed by atoms with Gasteiger partial charge in [-0.25, -0.2) is 9.69 Å². The van der Waals surface area contributed by atoms with E-state index in [0.29, 0.717) is 10.8 Å². The van der Waals surface area contributed by atoms with Gasteiger partial charge in [0.15, 0.2) is 0 Å². The summed E-state index contributed by atoms with van der Waals surface area (Å²) >= 11 is 0. The first kappa shape index (κ1) is 18.9. The highest BCUT2D eigenvalue weighted by Crippen LogP contribution is 2.41. The number of imide groups is 2. The van der Waals surface area contributed by atoms with Crippen LogP contribution in [-0.2, 0) is 14.4 Å². The zero-order chi connectivity index (χ0) is 19.7. The van der Waals surface area contributed by atoms with Crippen LogP contribution in [0.5, 0.6) is 5.75 Å². The number of urea groups is 1. The molecule has 1 unspecified atom stereocenters. The van der Waals surface area contributed by atoms with Crippen LogP contribution < -0.4 is 10.1 Å². The van der Waals surface area contributed by atoms with E-state index in [4.69, 9.17) is 4.74 Å². The van der Waals surface area contributed by atoms with Gasteiger partial charge in [-0.3, -0.25) is 19.3 Å². The molecule has 1 aromatic carbocycles. The maximum atomic E-state index is 12.5. The standard InChI is InChI=1S/C19H23N3O5/c1-11(2)22-18(25)17(24)21(19(22)26)10-15(23)20-16(12-4-5-12)13-6-8-14(27-3)9-7-13/h6-9,11-12,16H,4-5,10H2,1-3H3,(H,20,23). The van der Waals surface area contributed by atoms with E-state index in [0.717, 1.165) is 29.1 Å². The van der Waals surface area contributed by atoms with E-state index in [1.807, 2.05) is 24.3 Å². The zero-order valence-corrected chi connectivity index (χ0v) is 15.6. The second-order valence-electron chi connectivity index (χ2n) is 7.10. The van der Waals surface area contributed by atoms with Crippen LogP contribution in [0.15, 0.2) is 24.3 Å². The molecular formula is C19H23N3O5. The molecule has 1 heterocycles. The largest absolute Gasteiger partial charge is 0.497 e. The van der Waals surface area contributed by atoms with Crippen molar-refractivity contribution in [1.29, 1.82) is 0 Å².